The van der Waals surface area contributed by atoms with E-state index in [1.807, 2.05) is 0 Å². The Hall–Kier alpha value is -1.46. The van der Waals surface area contributed by atoms with Gasteiger partial charge in [-0.05, 0) is 23.5 Å². The lowest BCUT2D eigenvalue weighted by Gasteiger charge is -2.29. The van der Waals surface area contributed by atoms with Gasteiger partial charge in [0.1, 0.15) is 0 Å². The summed E-state index contributed by atoms with van der Waals surface area (Å²) < 4.78 is 177. The number of hydrogen-bond donors (Lipinski definition) is 0. The molecule has 0 saturated heterocycles. The van der Waals surface area contributed by atoms with Gasteiger partial charge in [0, 0.05) is 12.2 Å². The fraction of sp³-hybridized carbons (Fsp3) is 0.500. The minimum absolute atomic E-state index is 0.308. The summed E-state index contributed by atoms with van der Waals surface area (Å²) in [7, 11) is 0. The van der Waals surface area contributed by atoms with E-state index >= 15 is 0 Å². The van der Waals surface area contributed by atoms with Crippen LogP contribution in [0.5, 0.6) is 0 Å². The average Bonchev–Trinajstić information content (AvgIpc) is 2.48. The average molecular weight is 508 g/mol. The Bertz CT molecular complexity index is 728. The molecule has 0 unspecified atom stereocenters. The van der Waals surface area contributed by atoms with E-state index < -0.39 is 79.6 Å². The van der Waals surface area contributed by atoms with Gasteiger partial charge in [0.05, 0.1) is 9.81 Å². The lowest BCUT2D eigenvalue weighted by Crippen LogP contribution is -2.50. The molecule has 0 aromatic rings. The van der Waals surface area contributed by atoms with Crippen molar-refractivity contribution in [1.82, 2.24) is 0 Å². The lowest BCUT2D eigenvalue weighted by molar-refractivity contribution is -0.330. The van der Waals surface area contributed by atoms with Gasteiger partial charge in [-0.3, -0.25) is 9.59 Å². The molecule has 0 fully saturated rings. The summed E-state index contributed by atoms with van der Waals surface area (Å²) in [6, 6.07) is 0. The van der Waals surface area contributed by atoms with Crippen LogP contribution in [-0.2, 0) is 9.59 Å². The SMILES string of the molecule is O=C1C=C(SC(F)(F)C(F)(F)C(F)(F)F)C(=O)C(SC(F)(F)C(F)(F)C(F)(F)F)=C1. The number of halogens is 14. The van der Waals surface area contributed by atoms with E-state index in [0.717, 1.165) is 0 Å². The van der Waals surface area contributed by atoms with Crippen molar-refractivity contribution in [2.75, 3.05) is 0 Å². The molecule has 0 heterocycles. The van der Waals surface area contributed by atoms with Crippen LogP contribution in [0.25, 0.3) is 0 Å². The molecule has 0 radical (unpaired) electrons. The highest BCUT2D eigenvalue weighted by Crippen LogP contribution is 2.57. The predicted octanol–water partition coefficient (Wildman–Crippen LogP) is 5.95. The van der Waals surface area contributed by atoms with E-state index in [-0.39, 0.29) is 12.2 Å². The van der Waals surface area contributed by atoms with Crippen LogP contribution in [0.3, 0.4) is 0 Å². The molecule has 0 amide bonds. The second-order valence-corrected chi connectivity index (χ2v) is 7.44. The maximum atomic E-state index is 13.3. The Morgan fingerprint density at radius 1 is 0.533 bits per heavy atom. The molecular formula is C12H2F14O2S2. The molecule has 172 valence electrons. The molecule has 1 rings (SSSR count). The van der Waals surface area contributed by atoms with Crippen LogP contribution in [0, 0.1) is 0 Å². The summed E-state index contributed by atoms with van der Waals surface area (Å²) >= 11 is -3.82. The zero-order valence-corrected chi connectivity index (χ0v) is 14.7. The molecule has 0 N–H and O–H groups in total. The van der Waals surface area contributed by atoms with Gasteiger partial charge in [-0.1, -0.05) is 0 Å². The first kappa shape index (κ1) is 26.6. The highest BCUT2D eigenvalue weighted by atomic mass is 32.2. The van der Waals surface area contributed by atoms with E-state index in [0.29, 0.717) is 0 Å². The zero-order valence-electron chi connectivity index (χ0n) is 13.1. The quantitative estimate of drug-likeness (QED) is 0.328. The normalized spacial score (nSPS) is 17.8. The monoisotopic (exact) mass is 508 g/mol. The van der Waals surface area contributed by atoms with Gasteiger partial charge in [-0.15, -0.1) is 0 Å². The number of hydrogen-bond acceptors (Lipinski definition) is 4. The molecule has 0 saturated carbocycles. The van der Waals surface area contributed by atoms with E-state index in [2.05, 4.69) is 0 Å². The minimum Gasteiger partial charge on any atom is -0.290 e. The molecule has 0 aromatic carbocycles. The molecule has 0 aliphatic heterocycles. The van der Waals surface area contributed by atoms with Crippen molar-refractivity contribution in [3.8, 4) is 0 Å². The number of allylic oxidation sites excluding steroid dienone is 4. The zero-order chi connectivity index (χ0) is 24.1. The van der Waals surface area contributed by atoms with Crippen molar-refractivity contribution in [1.29, 1.82) is 0 Å². The van der Waals surface area contributed by atoms with Gasteiger partial charge >= 0.3 is 34.7 Å². The third kappa shape index (κ3) is 4.72. The first-order chi connectivity index (χ1) is 13.0. The maximum Gasteiger partial charge on any atom is 0.460 e. The number of carbonyl (C=O) groups excluding carboxylic acids is 2. The summed E-state index contributed by atoms with van der Waals surface area (Å²) in [6.45, 7) is 0. The van der Waals surface area contributed by atoms with Crippen LogP contribution in [0.2, 0.25) is 0 Å². The summed E-state index contributed by atoms with van der Waals surface area (Å²) in [4.78, 5) is 18.9. The smallest absolute Gasteiger partial charge is 0.290 e. The molecule has 0 spiro atoms. The molecule has 0 atom stereocenters. The van der Waals surface area contributed by atoms with E-state index in [9.17, 15) is 71.1 Å². The summed E-state index contributed by atoms with van der Waals surface area (Å²) in [5.41, 5.74) is 0. The lowest BCUT2D eigenvalue weighted by atomic mass is 10.2. The van der Waals surface area contributed by atoms with Crippen molar-refractivity contribution < 1.29 is 71.1 Å². The van der Waals surface area contributed by atoms with Gasteiger partial charge in [-0.25, -0.2) is 0 Å². The molecule has 18 heteroatoms. The summed E-state index contributed by atoms with van der Waals surface area (Å²) in [5.74, 6) is -17.8. The Morgan fingerprint density at radius 3 is 1.03 bits per heavy atom. The molecule has 0 aromatic heterocycles. The van der Waals surface area contributed by atoms with Crippen LogP contribution in [-0.4, -0.2) is 46.3 Å². The number of carbonyl (C=O) groups is 2. The van der Waals surface area contributed by atoms with Crippen molar-refractivity contribution in [3.63, 3.8) is 0 Å². The molecule has 1 aliphatic rings. The van der Waals surface area contributed by atoms with E-state index in [1.165, 1.54) is 0 Å². The van der Waals surface area contributed by atoms with Crippen molar-refractivity contribution in [2.24, 2.45) is 0 Å². The fourth-order valence-electron chi connectivity index (χ4n) is 1.44. The topological polar surface area (TPSA) is 34.1 Å². The van der Waals surface area contributed by atoms with Crippen LogP contribution in [0.1, 0.15) is 0 Å². The second-order valence-electron chi connectivity index (χ2n) is 5.13. The molecule has 30 heavy (non-hydrogen) atoms. The Balaban J connectivity index is 3.23. The number of Topliss-reactive ketones (excluding diaryl/α,β-unsaturated/α-hetero) is 1. The Labute approximate surface area is 163 Å². The van der Waals surface area contributed by atoms with Crippen molar-refractivity contribution in [3.05, 3.63) is 22.0 Å². The van der Waals surface area contributed by atoms with Crippen LogP contribution in [0.15, 0.2) is 22.0 Å². The maximum absolute atomic E-state index is 13.3. The van der Waals surface area contributed by atoms with Crippen molar-refractivity contribution in [2.45, 2.75) is 34.7 Å². The fourth-order valence-corrected chi connectivity index (χ4v) is 3.30. The number of thioether (sulfide) groups is 2. The standard InChI is InChI=1S/C12H2F14O2S2/c13-7(14,9(17,18)19)11(23,24)29-4-1-3(27)2-5(6(4)28)30-12(25,26)8(15,16)10(20,21)22/h1-2H. The first-order valence-electron chi connectivity index (χ1n) is 6.53. The third-order valence-corrected chi connectivity index (χ3v) is 4.99. The molecular weight excluding hydrogens is 506 g/mol. The molecule has 1 aliphatic carbocycles. The largest absolute Gasteiger partial charge is 0.460 e. The van der Waals surface area contributed by atoms with Crippen LogP contribution in [0.4, 0.5) is 61.5 Å². The Morgan fingerprint density at radius 2 is 0.800 bits per heavy atom. The van der Waals surface area contributed by atoms with Gasteiger partial charge in [0.25, 0.3) is 0 Å². The minimum atomic E-state index is -6.87. The first-order valence-corrected chi connectivity index (χ1v) is 8.16. The predicted molar refractivity (Wildman–Crippen MR) is 73.3 cm³/mol. The van der Waals surface area contributed by atoms with Gasteiger partial charge in [0.15, 0.2) is 5.78 Å². The summed E-state index contributed by atoms with van der Waals surface area (Å²) in [5, 5.41) is -12.4. The third-order valence-electron chi connectivity index (χ3n) is 2.91. The van der Waals surface area contributed by atoms with E-state index in [1.54, 1.807) is 0 Å². The highest BCUT2D eigenvalue weighted by molar-refractivity contribution is 8.07. The van der Waals surface area contributed by atoms with Crippen LogP contribution < -0.4 is 0 Å². The van der Waals surface area contributed by atoms with Gasteiger partial charge < -0.3 is 0 Å². The molecule has 2 nitrogen and oxygen atoms in total. The highest BCUT2D eigenvalue weighted by Gasteiger charge is 2.75. The number of alkyl halides is 14. The number of ketones is 2. The second kappa shape index (κ2) is 7.59. The van der Waals surface area contributed by atoms with Crippen LogP contribution >= 0.6 is 23.5 Å². The van der Waals surface area contributed by atoms with Crippen molar-refractivity contribution >= 4 is 35.1 Å². The summed E-state index contributed by atoms with van der Waals surface area (Å²) in [6.07, 6.45) is -14.4. The Kier molecular flexibility index (Phi) is 6.73. The number of rotatable bonds is 6. The molecule has 0 bridgehead atoms. The van der Waals surface area contributed by atoms with Gasteiger partial charge in [0.2, 0.25) is 5.78 Å². The van der Waals surface area contributed by atoms with E-state index in [4.69, 9.17) is 0 Å². The van der Waals surface area contributed by atoms with Gasteiger partial charge in [-0.2, -0.15) is 61.5 Å².